The van der Waals surface area contributed by atoms with Crippen LogP contribution < -0.4 is 9.64 Å². The first-order valence-electron chi connectivity index (χ1n) is 6.63. The zero-order valence-corrected chi connectivity index (χ0v) is 11.6. The Morgan fingerprint density at radius 1 is 1.25 bits per heavy atom. The number of anilines is 1. The number of carbonyl (C=O) groups excluding carboxylic acids is 1. The predicted molar refractivity (Wildman–Crippen MR) is 77.3 cm³/mol. The highest BCUT2D eigenvalue weighted by atomic mass is 16.5. The van der Waals surface area contributed by atoms with E-state index in [1.807, 2.05) is 19.9 Å². The van der Waals surface area contributed by atoms with Crippen molar-refractivity contribution >= 4 is 11.6 Å². The predicted octanol–water partition coefficient (Wildman–Crippen LogP) is 2.74. The van der Waals surface area contributed by atoms with Crippen molar-refractivity contribution in [2.24, 2.45) is 0 Å². The van der Waals surface area contributed by atoms with Gasteiger partial charge in [0, 0.05) is 18.0 Å². The Kier molecular flexibility index (Phi) is 3.14. The topological polar surface area (TPSA) is 42.4 Å². The molecule has 3 rings (SSSR count). The van der Waals surface area contributed by atoms with Crippen molar-refractivity contribution in [3.8, 4) is 5.75 Å². The molecule has 4 heteroatoms. The van der Waals surface area contributed by atoms with Gasteiger partial charge in [-0.1, -0.05) is 6.07 Å². The van der Waals surface area contributed by atoms with Gasteiger partial charge in [0.05, 0.1) is 12.2 Å². The van der Waals surface area contributed by atoms with Gasteiger partial charge in [0.1, 0.15) is 12.4 Å². The lowest BCUT2D eigenvalue weighted by atomic mass is 10.1. The number of ether oxygens (including phenoxy) is 1. The van der Waals surface area contributed by atoms with Gasteiger partial charge in [0.25, 0.3) is 5.91 Å². The summed E-state index contributed by atoms with van der Waals surface area (Å²) in [5, 5.41) is 0. The molecule has 0 saturated heterocycles. The van der Waals surface area contributed by atoms with Gasteiger partial charge in [-0.05, 0) is 43.2 Å². The highest BCUT2D eigenvalue weighted by molar-refractivity contribution is 6.07. The van der Waals surface area contributed by atoms with Crippen LogP contribution >= 0.6 is 0 Å². The van der Waals surface area contributed by atoms with Crippen LogP contribution in [0.3, 0.4) is 0 Å². The van der Waals surface area contributed by atoms with Gasteiger partial charge in [-0.3, -0.25) is 9.78 Å². The summed E-state index contributed by atoms with van der Waals surface area (Å²) in [6.07, 6.45) is 3.27. The number of benzene rings is 1. The molecule has 1 aromatic heterocycles. The first-order valence-corrected chi connectivity index (χ1v) is 6.63. The molecule has 0 radical (unpaired) electrons. The van der Waals surface area contributed by atoms with E-state index in [9.17, 15) is 4.79 Å². The summed E-state index contributed by atoms with van der Waals surface area (Å²) in [5.74, 6) is 0.778. The Balaban J connectivity index is 2.04. The van der Waals surface area contributed by atoms with E-state index >= 15 is 0 Å². The largest absolute Gasteiger partial charge is 0.490 e. The third-order valence-electron chi connectivity index (χ3n) is 3.42. The van der Waals surface area contributed by atoms with Gasteiger partial charge in [0.15, 0.2) is 0 Å². The first kappa shape index (κ1) is 12.7. The zero-order chi connectivity index (χ0) is 14.1. The SMILES string of the molecule is Cc1cc(C)c2c(c1)OCCN2C(=O)c1ccncc1. The molecule has 20 heavy (non-hydrogen) atoms. The maximum Gasteiger partial charge on any atom is 0.258 e. The molecule has 0 spiro atoms. The van der Waals surface area contributed by atoms with Crippen LogP contribution in [0.15, 0.2) is 36.7 Å². The maximum atomic E-state index is 12.6. The second kappa shape index (κ2) is 4.96. The van der Waals surface area contributed by atoms with Gasteiger partial charge >= 0.3 is 0 Å². The number of aryl methyl sites for hydroxylation is 2. The molecular formula is C16H16N2O2. The number of carbonyl (C=O) groups is 1. The van der Waals surface area contributed by atoms with E-state index in [1.165, 1.54) is 0 Å². The molecule has 0 fully saturated rings. The molecule has 1 aliphatic heterocycles. The Morgan fingerprint density at radius 3 is 2.75 bits per heavy atom. The average molecular weight is 268 g/mol. The minimum atomic E-state index is -0.0103. The summed E-state index contributed by atoms with van der Waals surface area (Å²) < 4.78 is 5.70. The van der Waals surface area contributed by atoms with Crippen LogP contribution in [-0.2, 0) is 0 Å². The van der Waals surface area contributed by atoms with Crippen molar-refractivity contribution in [1.82, 2.24) is 4.98 Å². The number of aromatic nitrogens is 1. The van der Waals surface area contributed by atoms with Crippen LogP contribution in [0.1, 0.15) is 21.5 Å². The lowest BCUT2D eigenvalue weighted by Crippen LogP contribution is -2.38. The highest BCUT2D eigenvalue weighted by Gasteiger charge is 2.26. The molecule has 4 nitrogen and oxygen atoms in total. The van der Waals surface area contributed by atoms with Crippen LogP contribution in [0.25, 0.3) is 0 Å². The summed E-state index contributed by atoms with van der Waals surface area (Å²) in [4.78, 5) is 18.4. The van der Waals surface area contributed by atoms with Crippen LogP contribution in [0.4, 0.5) is 5.69 Å². The number of hydrogen-bond donors (Lipinski definition) is 0. The van der Waals surface area contributed by atoms with Crippen molar-refractivity contribution in [3.63, 3.8) is 0 Å². The number of nitrogens with zero attached hydrogens (tertiary/aromatic N) is 2. The van der Waals surface area contributed by atoms with Crippen molar-refractivity contribution < 1.29 is 9.53 Å². The van der Waals surface area contributed by atoms with E-state index in [0.29, 0.717) is 18.7 Å². The Bertz CT molecular complexity index is 653. The summed E-state index contributed by atoms with van der Waals surface area (Å²) in [6.45, 7) is 5.12. The molecule has 0 atom stereocenters. The lowest BCUT2D eigenvalue weighted by Gasteiger charge is -2.31. The van der Waals surface area contributed by atoms with Crippen molar-refractivity contribution in [2.45, 2.75) is 13.8 Å². The van der Waals surface area contributed by atoms with Gasteiger partial charge in [-0.15, -0.1) is 0 Å². The minimum absolute atomic E-state index is 0.0103. The number of hydrogen-bond acceptors (Lipinski definition) is 3. The molecule has 102 valence electrons. The van der Waals surface area contributed by atoms with Gasteiger partial charge in [0.2, 0.25) is 0 Å². The van der Waals surface area contributed by atoms with Crippen LogP contribution in [-0.4, -0.2) is 24.0 Å². The van der Waals surface area contributed by atoms with E-state index in [2.05, 4.69) is 11.1 Å². The molecule has 1 amide bonds. The molecule has 0 aliphatic carbocycles. The van der Waals surface area contributed by atoms with Gasteiger partial charge < -0.3 is 9.64 Å². The number of amides is 1. The minimum Gasteiger partial charge on any atom is -0.490 e. The van der Waals surface area contributed by atoms with E-state index in [4.69, 9.17) is 4.74 Å². The second-order valence-corrected chi connectivity index (χ2v) is 4.97. The number of pyridine rings is 1. The van der Waals surface area contributed by atoms with E-state index in [0.717, 1.165) is 22.6 Å². The normalized spacial score (nSPS) is 13.6. The van der Waals surface area contributed by atoms with Crippen molar-refractivity contribution in [1.29, 1.82) is 0 Å². The van der Waals surface area contributed by atoms with E-state index in [1.54, 1.807) is 29.4 Å². The summed E-state index contributed by atoms with van der Waals surface area (Å²) in [7, 11) is 0. The average Bonchev–Trinajstić information content (AvgIpc) is 2.46. The highest BCUT2D eigenvalue weighted by Crippen LogP contribution is 2.36. The van der Waals surface area contributed by atoms with Crippen LogP contribution in [0.2, 0.25) is 0 Å². The second-order valence-electron chi connectivity index (χ2n) is 4.97. The Morgan fingerprint density at radius 2 is 2.00 bits per heavy atom. The van der Waals surface area contributed by atoms with E-state index in [-0.39, 0.29) is 5.91 Å². The first-order chi connectivity index (χ1) is 9.66. The fourth-order valence-corrected chi connectivity index (χ4v) is 2.59. The fourth-order valence-electron chi connectivity index (χ4n) is 2.59. The molecule has 0 unspecified atom stereocenters. The molecule has 0 N–H and O–H groups in total. The van der Waals surface area contributed by atoms with Crippen molar-refractivity contribution in [3.05, 3.63) is 53.3 Å². The fraction of sp³-hybridized carbons (Fsp3) is 0.250. The van der Waals surface area contributed by atoms with Crippen LogP contribution in [0.5, 0.6) is 5.75 Å². The number of rotatable bonds is 1. The summed E-state index contributed by atoms with van der Waals surface area (Å²) >= 11 is 0. The smallest absolute Gasteiger partial charge is 0.258 e. The monoisotopic (exact) mass is 268 g/mol. The molecule has 2 aromatic rings. The Hall–Kier alpha value is -2.36. The van der Waals surface area contributed by atoms with Gasteiger partial charge in [-0.25, -0.2) is 0 Å². The quantitative estimate of drug-likeness (QED) is 0.798. The molecule has 2 heterocycles. The molecular weight excluding hydrogens is 252 g/mol. The standard InChI is InChI=1S/C16H16N2O2/c1-11-9-12(2)15-14(10-11)20-8-7-18(15)16(19)13-3-5-17-6-4-13/h3-6,9-10H,7-8H2,1-2H3. The molecule has 1 aliphatic rings. The third kappa shape index (κ3) is 2.13. The zero-order valence-electron chi connectivity index (χ0n) is 11.6. The van der Waals surface area contributed by atoms with Crippen molar-refractivity contribution in [2.75, 3.05) is 18.1 Å². The molecule has 1 aromatic carbocycles. The van der Waals surface area contributed by atoms with Crippen LogP contribution in [0, 0.1) is 13.8 Å². The summed E-state index contributed by atoms with van der Waals surface area (Å²) in [6, 6.07) is 7.52. The lowest BCUT2D eigenvalue weighted by molar-refractivity contribution is 0.0976. The third-order valence-corrected chi connectivity index (χ3v) is 3.42. The molecule has 0 saturated carbocycles. The summed E-state index contributed by atoms with van der Waals surface area (Å²) in [5.41, 5.74) is 3.72. The van der Waals surface area contributed by atoms with Gasteiger partial charge in [-0.2, -0.15) is 0 Å². The molecule has 0 bridgehead atoms. The maximum absolute atomic E-state index is 12.6. The van der Waals surface area contributed by atoms with E-state index < -0.39 is 0 Å². The number of fused-ring (bicyclic) bond motifs is 1. The Labute approximate surface area is 118 Å².